The van der Waals surface area contributed by atoms with E-state index in [0.717, 1.165) is 5.57 Å². The molecule has 2 aliphatic rings. The zero-order valence-electron chi connectivity index (χ0n) is 18.6. The highest BCUT2D eigenvalue weighted by molar-refractivity contribution is 6.74. The van der Waals surface area contributed by atoms with Crippen LogP contribution in [0.5, 0.6) is 0 Å². The Morgan fingerprint density at radius 2 is 1.93 bits per heavy atom. The topological polar surface area (TPSA) is 72.8 Å². The minimum absolute atomic E-state index is 0.00781. The summed E-state index contributed by atoms with van der Waals surface area (Å²) in [6.45, 7) is 18.5. The van der Waals surface area contributed by atoms with Crippen molar-refractivity contribution >= 4 is 20.1 Å². The molecular formula is C22H36O5Si. The third-order valence-electron chi connectivity index (χ3n) is 7.09. The molecule has 0 radical (unpaired) electrons. The van der Waals surface area contributed by atoms with Gasteiger partial charge in [-0.25, -0.2) is 4.79 Å². The quantitative estimate of drug-likeness (QED) is 0.432. The van der Waals surface area contributed by atoms with E-state index in [1.807, 2.05) is 6.92 Å². The Balaban J connectivity index is 2.59. The summed E-state index contributed by atoms with van der Waals surface area (Å²) in [5, 5.41) is 11.1. The molecule has 0 saturated heterocycles. The minimum atomic E-state index is -2.22. The van der Waals surface area contributed by atoms with Crippen molar-refractivity contribution in [2.45, 2.75) is 77.3 Å². The van der Waals surface area contributed by atoms with Crippen LogP contribution in [0.4, 0.5) is 0 Å². The maximum absolute atomic E-state index is 12.6. The molecule has 1 N–H and O–H groups in total. The first-order valence-electron chi connectivity index (χ1n) is 10.1. The van der Waals surface area contributed by atoms with Crippen LogP contribution in [0.1, 0.15) is 47.5 Å². The molecule has 0 bridgehead atoms. The zero-order valence-corrected chi connectivity index (χ0v) is 19.6. The van der Waals surface area contributed by atoms with E-state index in [1.54, 1.807) is 13.0 Å². The van der Waals surface area contributed by atoms with Gasteiger partial charge in [-0.15, -0.1) is 0 Å². The number of ketones is 1. The molecule has 0 heterocycles. The Kier molecular flexibility index (Phi) is 6.20. The molecule has 0 aromatic heterocycles. The summed E-state index contributed by atoms with van der Waals surface area (Å²) in [7, 11) is -0.874. The van der Waals surface area contributed by atoms with Crippen molar-refractivity contribution in [2.24, 2.45) is 17.8 Å². The van der Waals surface area contributed by atoms with E-state index in [0.29, 0.717) is 18.4 Å². The summed E-state index contributed by atoms with van der Waals surface area (Å²) in [4.78, 5) is 24.9. The van der Waals surface area contributed by atoms with Gasteiger partial charge in [-0.2, -0.15) is 0 Å². The van der Waals surface area contributed by atoms with Crippen molar-refractivity contribution in [1.82, 2.24) is 0 Å². The molecule has 1 saturated carbocycles. The maximum atomic E-state index is 12.6. The van der Waals surface area contributed by atoms with Crippen LogP contribution in [0.2, 0.25) is 18.1 Å². The third-order valence-corrected chi connectivity index (χ3v) is 11.6. The summed E-state index contributed by atoms with van der Waals surface area (Å²) in [5.74, 6) is -1.34. The second kappa shape index (κ2) is 7.54. The molecule has 0 aromatic carbocycles. The molecule has 6 heteroatoms. The van der Waals surface area contributed by atoms with Gasteiger partial charge in [0, 0.05) is 23.3 Å². The van der Waals surface area contributed by atoms with Crippen LogP contribution >= 0.6 is 0 Å². The van der Waals surface area contributed by atoms with Crippen LogP contribution < -0.4 is 0 Å². The second-order valence-corrected chi connectivity index (χ2v) is 14.9. The molecule has 0 unspecified atom stereocenters. The van der Waals surface area contributed by atoms with Crippen LogP contribution in [0.15, 0.2) is 23.8 Å². The summed E-state index contributed by atoms with van der Waals surface area (Å²) >= 11 is 0. The second-order valence-electron chi connectivity index (χ2n) is 10.1. The average Bonchev–Trinajstić information content (AvgIpc) is 2.82. The number of carbonyl (C=O) groups is 2. The number of carbonyl (C=O) groups excluding carboxylic acids is 2. The standard InChI is InChI=1S/C22H36O5Si/c1-13(20(24)26-7)15-10-11-22(6,25)16-12-17(23)14(2)18(16)19(15)27-28(8,9)21(3,4)5/h12,14-15,18-19,25H,1,10-11H2,2-9H3/t14-,15-,18-,19-,22+/m0/s1. The SMILES string of the molecule is C=C(C(=O)OC)[C@@H]1CC[C@@](C)(O)C2=CC(=O)[C@H](C)[C@@H]2[C@H]1O[Si](C)(C)C(C)(C)C. The van der Waals surface area contributed by atoms with Crippen LogP contribution in [-0.2, 0) is 18.8 Å². The van der Waals surface area contributed by atoms with Crippen molar-refractivity contribution in [3.05, 3.63) is 23.8 Å². The monoisotopic (exact) mass is 408 g/mol. The highest BCUT2D eigenvalue weighted by Gasteiger charge is 2.53. The summed E-state index contributed by atoms with van der Waals surface area (Å²) in [5.41, 5.74) is -0.0191. The fourth-order valence-corrected chi connectivity index (χ4v) is 5.47. The average molecular weight is 409 g/mol. The van der Waals surface area contributed by atoms with Gasteiger partial charge in [-0.3, -0.25) is 4.79 Å². The fourth-order valence-electron chi connectivity index (χ4n) is 4.13. The molecule has 2 aliphatic carbocycles. The van der Waals surface area contributed by atoms with Crippen molar-refractivity contribution in [3.63, 3.8) is 0 Å². The fraction of sp³-hybridized carbons (Fsp3) is 0.727. The first kappa shape index (κ1) is 23.0. The number of allylic oxidation sites excluding steroid dienone is 1. The van der Waals surface area contributed by atoms with Gasteiger partial charge in [0.2, 0.25) is 0 Å². The molecule has 1 fully saturated rings. The molecule has 28 heavy (non-hydrogen) atoms. The van der Waals surface area contributed by atoms with E-state index in [2.05, 4.69) is 40.4 Å². The number of fused-ring (bicyclic) bond motifs is 1. The van der Waals surface area contributed by atoms with Crippen LogP contribution in [0, 0.1) is 17.8 Å². The minimum Gasteiger partial charge on any atom is -0.466 e. The first-order valence-corrected chi connectivity index (χ1v) is 13.0. The lowest BCUT2D eigenvalue weighted by atomic mass is 9.78. The first-order chi connectivity index (χ1) is 12.6. The van der Waals surface area contributed by atoms with Crippen molar-refractivity contribution in [2.75, 3.05) is 7.11 Å². The van der Waals surface area contributed by atoms with E-state index in [4.69, 9.17) is 9.16 Å². The van der Waals surface area contributed by atoms with Gasteiger partial charge in [0.25, 0.3) is 0 Å². The smallest absolute Gasteiger partial charge is 0.333 e. The molecule has 5 nitrogen and oxygen atoms in total. The number of hydrogen-bond donors (Lipinski definition) is 1. The molecule has 0 aliphatic heterocycles. The lowest BCUT2D eigenvalue weighted by Gasteiger charge is -2.44. The number of ether oxygens (including phenoxy) is 1. The molecular weight excluding hydrogens is 372 g/mol. The van der Waals surface area contributed by atoms with Crippen LogP contribution in [0.25, 0.3) is 0 Å². The predicted molar refractivity (Wildman–Crippen MR) is 112 cm³/mol. The Labute approximate surface area is 170 Å². The number of hydrogen-bond acceptors (Lipinski definition) is 5. The Bertz CT molecular complexity index is 698. The van der Waals surface area contributed by atoms with E-state index in [1.165, 1.54) is 7.11 Å². The number of esters is 1. The third kappa shape index (κ3) is 4.05. The largest absolute Gasteiger partial charge is 0.466 e. The van der Waals surface area contributed by atoms with E-state index in [9.17, 15) is 14.7 Å². The van der Waals surface area contributed by atoms with E-state index < -0.39 is 26.0 Å². The van der Waals surface area contributed by atoms with Gasteiger partial charge >= 0.3 is 5.97 Å². The molecule has 2 rings (SSSR count). The lowest BCUT2D eigenvalue weighted by molar-refractivity contribution is -0.137. The molecule has 5 atom stereocenters. The van der Waals surface area contributed by atoms with Crippen molar-refractivity contribution in [3.8, 4) is 0 Å². The van der Waals surface area contributed by atoms with Gasteiger partial charge in [0.15, 0.2) is 14.1 Å². The van der Waals surface area contributed by atoms with E-state index in [-0.39, 0.29) is 28.6 Å². The predicted octanol–water partition coefficient (Wildman–Crippen LogP) is 4.03. The molecule has 158 valence electrons. The summed E-state index contributed by atoms with van der Waals surface area (Å²) < 4.78 is 11.8. The highest BCUT2D eigenvalue weighted by atomic mass is 28.4. The van der Waals surface area contributed by atoms with Gasteiger partial charge in [0.1, 0.15) is 0 Å². The van der Waals surface area contributed by atoms with Crippen LogP contribution in [-0.4, -0.2) is 44.0 Å². The van der Waals surface area contributed by atoms with Gasteiger partial charge in [-0.05, 0) is 49.5 Å². The Morgan fingerprint density at radius 3 is 2.43 bits per heavy atom. The summed E-state index contributed by atoms with van der Waals surface area (Å²) in [6.07, 6.45) is 2.19. The van der Waals surface area contributed by atoms with Gasteiger partial charge in [0.05, 0.1) is 18.8 Å². The number of methoxy groups -OCH3 is 1. The summed E-state index contributed by atoms with van der Waals surface area (Å²) in [6, 6.07) is 0. The molecule has 0 spiro atoms. The van der Waals surface area contributed by atoms with Gasteiger partial charge < -0.3 is 14.3 Å². The Morgan fingerprint density at radius 1 is 1.36 bits per heavy atom. The number of rotatable bonds is 4. The maximum Gasteiger partial charge on any atom is 0.333 e. The number of aliphatic hydroxyl groups is 1. The zero-order chi connectivity index (χ0) is 21.7. The van der Waals surface area contributed by atoms with E-state index >= 15 is 0 Å². The van der Waals surface area contributed by atoms with Crippen LogP contribution in [0.3, 0.4) is 0 Å². The highest BCUT2D eigenvalue weighted by Crippen LogP contribution is 2.50. The Hall–Kier alpha value is -1.24. The molecule has 0 amide bonds. The van der Waals surface area contributed by atoms with Crippen molar-refractivity contribution < 1.29 is 23.9 Å². The lowest BCUT2D eigenvalue weighted by Crippen LogP contribution is -2.50. The van der Waals surface area contributed by atoms with Gasteiger partial charge in [-0.1, -0.05) is 34.3 Å². The molecule has 0 aromatic rings. The van der Waals surface area contributed by atoms with Crippen molar-refractivity contribution in [1.29, 1.82) is 0 Å². The normalized spacial score (nSPS) is 33.8.